The molecule has 11 aromatic rings. The van der Waals surface area contributed by atoms with E-state index >= 15 is 0 Å². The molecular formula is C64H45NO. The van der Waals surface area contributed by atoms with Crippen LogP contribution >= 0.6 is 0 Å². The van der Waals surface area contributed by atoms with Crippen LogP contribution in [0.3, 0.4) is 0 Å². The molecule has 0 fully saturated rings. The van der Waals surface area contributed by atoms with Crippen molar-refractivity contribution in [1.82, 2.24) is 0 Å². The van der Waals surface area contributed by atoms with Gasteiger partial charge in [0, 0.05) is 21.9 Å². The first-order valence-corrected chi connectivity index (χ1v) is 23.0. The highest BCUT2D eigenvalue weighted by molar-refractivity contribution is 6.15. The molecule has 0 aliphatic heterocycles. The van der Waals surface area contributed by atoms with Gasteiger partial charge in [-0.25, -0.2) is 0 Å². The Hall–Kier alpha value is -8.20. The maximum absolute atomic E-state index is 6.67. The summed E-state index contributed by atoms with van der Waals surface area (Å²) in [5, 5.41) is 2.17. The number of benzene rings is 10. The third kappa shape index (κ3) is 5.36. The second-order valence-corrected chi connectivity index (χ2v) is 18.3. The molecule has 0 bridgehead atoms. The maximum Gasteiger partial charge on any atom is 0.137 e. The Morgan fingerprint density at radius 2 is 0.773 bits per heavy atom. The molecule has 312 valence electrons. The van der Waals surface area contributed by atoms with E-state index in [0.29, 0.717) is 0 Å². The van der Waals surface area contributed by atoms with Gasteiger partial charge in [-0.15, -0.1) is 0 Å². The van der Waals surface area contributed by atoms with Crippen LogP contribution < -0.4 is 4.90 Å². The van der Waals surface area contributed by atoms with Gasteiger partial charge in [-0.05, 0) is 97.1 Å². The topological polar surface area (TPSA) is 16.4 Å². The van der Waals surface area contributed by atoms with Crippen molar-refractivity contribution in [2.24, 2.45) is 0 Å². The number of nitrogens with zero attached hydrogens (tertiary/aromatic N) is 1. The molecule has 10 aromatic carbocycles. The summed E-state index contributed by atoms with van der Waals surface area (Å²) in [5.41, 5.74) is 21.8. The molecule has 2 aliphatic rings. The Morgan fingerprint density at radius 1 is 0.318 bits per heavy atom. The van der Waals surface area contributed by atoms with Gasteiger partial charge in [-0.3, -0.25) is 0 Å². The van der Waals surface area contributed by atoms with Crippen molar-refractivity contribution in [2.45, 2.75) is 24.7 Å². The lowest BCUT2D eigenvalue weighted by molar-refractivity contribution is 0.563. The third-order valence-corrected chi connectivity index (χ3v) is 14.6. The van der Waals surface area contributed by atoms with Crippen molar-refractivity contribution in [2.75, 3.05) is 4.90 Å². The smallest absolute Gasteiger partial charge is 0.137 e. The molecule has 0 atom stereocenters. The minimum absolute atomic E-state index is 0.191. The summed E-state index contributed by atoms with van der Waals surface area (Å²) in [7, 11) is 0. The number of anilines is 3. The molecule has 2 heteroatoms. The lowest BCUT2D eigenvalue weighted by atomic mass is 9.55. The number of para-hydroxylation sites is 2. The van der Waals surface area contributed by atoms with Crippen molar-refractivity contribution < 1.29 is 4.42 Å². The van der Waals surface area contributed by atoms with Gasteiger partial charge in [-0.2, -0.15) is 0 Å². The van der Waals surface area contributed by atoms with Crippen LogP contribution in [-0.4, -0.2) is 0 Å². The monoisotopic (exact) mass is 843 g/mol. The van der Waals surface area contributed by atoms with E-state index in [0.717, 1.165) is 50.1 Å². The van der Waals surface area contributed by atoms with E-state index in [-0.39, 0.29) is 5.41 Å². The predicted molar refractivity (Wildman–Crippen MR) is 274 cm³/mol. The normalized spacial score (nSPS) is 13.8. The number of hydrogen-bond donors (Lipinski definition) is 0. The summed E-state index contributed by atoms with van der Waals surface area (Å²) in [6.45, 7) is 4.78. The first-order valence-electron chi connectivity index (χ1n) is 23.0. The van der Waals surface area contributed by atoms with E-state index in [4.69, 9.17) is 4.42 Å². The van der Waals surface area contributed by atoms with Crippen molar-refractivity contribution in [1.29, 1.82) is 0 Å². The fraction of sp³-hybridized carbons (Fsp3) is 0.0625. The molecule has 13 rings (SSSR count). The number of furan rings is 1. The summed E-state index contributed by atoms with van der Waals surface area (Å²) in [6.07, 6.45) is 0. The molecule has 0 N–H and O–H groups in total. The van der Waals surface area contributed by atoms with Crippen LogP contribution in [-0.2, 0) is 10.8 Å². The fourth-order valence-electron chi connectivity index (χ4n) is 11.8. The lowest BCUT2D eigenvalue weighted by Gasteiger charge is -2.46. The molecule has 1 heterocycles. The van der Waals surface area contributed by atoms with Gasteiger partial charge in [0.1, 0.15) is 11.2 Å². The summed E-state index contributed by atoms with van der Waals surface area (Å²) in [6, 6.07) is 87.0. The molecule has 0 unspecified atom stereocenters. The Bertz CT molecular complexity index is 3650. The van der Waals surface area contributed by atoms with E-state index in [1.807, 2.05) is 0 Å². The number of hydrogen-bond acceptors (Lipinski definition) is 2. The van der Waals surface area contributed by atoms with Crippen LogP contribution in [0.25, 0.3) is 66.4 Å². The van der Waals surface area contributed by atoms with E-state index < -0.39 is 5.41 Å². The van der Waals surface area contributed by atoms with Crippen LogP contribution in [0.5, 0.6) is 0 Å². The van der Waals surface area contributed by atoms with Gasteiger partial charge in [-0.1, -0.05) is 220 Å². The molecule has 2 aliphatic carbocycles. The maximum atomic E-state index is 6.67. The summed E-state index contributed by atoms with van der Waals surface area (Å²) >= 11 is 0. The molecule has 0 radical (unpaired) electrons. The average Bonchev–Trinajstić information content (AvgIpc) is 3.91. The highest BCUT2D eigenvalue weighted by atomic mass is 16.3. The van der Waals surface area contributed by atoms with Crippen molar-refractivity contribution in [3.05, 3.63) is 270 Å². The van der Waals surface area contributed by atoms with E-state index in [1.165, 1.54) is 66.8 Å². The van der Waals surface area contributed by atoms with E-state index in [9.17, 15) is 0 Å². The minimum atomic E-state index is -0.544. The molecule has 1 spiro atoms. The van der Waals surface area contributed by atoms with Crippen LogP contribution in [0.2, 0.25) is 0 Å². The Labute approximate surface area is 385 Å². The standard InChI is InChI=1S/C64H45NO/c1-63(2)51-32-14-16-34-53(51)64(54-35-17-15-33-52(54)63)50-31-13-10-29-48(50)61-55(64)36-20-38-57(61)65(58-39-21-41-60-62(58)49-30-12-19-40-59(49)66-60)56-37-18-11-28-47(56)46-27-9-8-26-45(46)44-25-7-6-24-43(44)42-22-4-3-5-23-42/h3-41H,1-2H3. The molecule has 1 aromatic heterocycles. The first kappa shape index (κ1) is 38.3. The number of rotatable bonds is 6. The van der Waals surface area contributed by atoms with Crippen LogP contribution in [0.15, 0.2) is 241 Å². The van der Waals surface area contributed by atoms with Crippen LogP contribution in [0.1, 0.15) is 47.2 Å². The summed E-state index contributed by atoms with van der Waals surface area (Å²) in [4.78, 5) is 2.54. The number of fused-ring (bicyclic) bond motifs is 12. The molecular weight excluding hydrogens is 799 g/mol. The second-order valence-electron chi connectivity index (χ2n) is 18.3. The minimum Gasteiger partial charge on any atom is -0.456 e. The molecule has 0 saturated heterocycles. The van der Waals surface area contributed by atoms with Gasteiger partial charge in [0.15, 0.2) is 0 Å². The highest BCUT2D eigenvalue weighted by Gasteiger charge is 2.54. The largest absolute Gasteiger partial charge is 0.456 e. The van der Waals surface area contributed by atoms with Crippen LogP contribution in [0, 0.1) is 0 Å². The second kappa shape index (κ2) is 14.7. The van der Waals surface area contributed by atoms with Crippen molar-refractivity contribution in [3.63, 3.8) is 0 Å². The Morgan fingerprint density at radius 3 is 1.48 bits per heavy atom. The zero-order chi connectivity index (χ0) is 44.0. The van der Waals surface area contributed by atoms with Gasteiger partial charge >= 0.3 is 0 Å². The molecule has 66 heavy (non-hydrogen) atoms. The quantitative estimate of drug-likeness (QED) is 0.166. The summed E-state index contributed by atoms with van der Waals surface area (Å²) < 4.78 is 6.67. The van der Waals surface area contributed by atoms with Gasteiger partial charge in [0.05, 0.1) is 27.9 Å². The fourth-order valence-corrected chi connectivity index (χ4v) is 11.8. The van der Waals surface area contributed by atoms with Gasteiger partial charge in [0.25, 0.3) is 0 Å². The van der Waals surface area contributed by atoms with Crippen molar-refractivity contribution >= 4 is 39.0 Å². The zero-order valence-electron chi connectivity index (χ0n) is 36.9. The first-order chi connectivity index (χ1) is 32.5. The lowest BCUT2D eigenvalue weighted by Crippen LogP contribution is -2.40. The predicted octanol–water partition coefficient (Wildman–Crippen LogP) is 17.1. The Kier molecular flexibility index (Phi) is 8.51. The SMILES string of the molecule is CC1(C)c2ccccc2C2(c3ccccc3-c3c(N(c4ccccc4-c4ccccc4-c4ccccc4-c4ccccc4)c4cccc5oc6ccccc6c45)cccc32)c2ccccc21. The Balaban J connectivity index is 1.14. The highest BCUT2D eigenvalue weighted by Crippen LogP contribution is 2.64. The van der Waals surface area contributed by atoms with E-state index in [2.05, 4.69) is 255 Å². The molecule has 0 amide bonds. The third-order valence-electron chi connectivity index (χ3n) is 14.6. The summed E-state index contributed by atoms with van der Waals surface area (Å²) in [5.74, 6) is 0. The molecule has 0 saturated carbocycles. The molecule has 2 nitrogen and oxygen atoms in total. The van der Waals surface area contributed by atoms with Crippen LogP contribution in [0.4, 0.5) is 17.1 Å². The zero-order valence-corrected chi connectivity index (χ0v) is 36.9. The van der Waals surface area contributed by atoms with Gasteiger partial charge in [0.2, 0.25) is 0 Å². The van der Waals surface area contributed by atoms with E-state index in [1.54, 1.807) is 0 Å². The average molecular weight is 844 g/mol. The van der Waals surface area contributed by atoms with Gasteiger partial charge < -0.3 is 9.32 Å². The van der Waals surface area contributed by atoms with Crippen molar-refractivity contribution in [3.8, 4) is 44.5 Å².